The predicted molar refractivity (Wildman–Crippen MR) is 100 cm³/mol. The van der Waals surface area contributed by atoms with Gasteiger partial charge in [0.1, 0.15) is 5.82 Å². The molecule has 4 rings (SSSR count). The van der Waals surface area contributed by atoms with Gasteiger partial charge < -0.3 is 9.73 Å². The van der Waals surface area contributed by atoms with Crippen LogP contribution in [0.15, 0.2) is 46.3 Å². The summed E-state index contributed by atoms with van der Waals surface area (Å²) in [7, 11) is 1.75. The van der Waals surface area contributed by atoms with Gasteiger partial charge in [-0.1, -0.05) is 0 Å². The number of hydrogen-bond acceptors (Lipinski definition) is 6. The lowest BCUT2D eigenvalue weighted by atomic mass is 10.3. The molecule has 0 saturated carbocycles. The number of carbonyl (C=O) groups is 1. The molecule has 1 aliphatic heterocycles. The first-order valence-electron chi connectivity index (χ1n) is 9.18. The van der Waals surface area contributed by atoms with Gasteiger partial charge in [-0.05, 0) is 12.5 Å². The third kappa shape index (κ3) is 4.04. The molecular formula is C19H22N6O3. The molecule has 0 atom stereocenters. The van der Waals surface area contributed by atoms with Crippen LogP contribution in [-0.4, -0.2) is 36.7 Å². The molecule has 0 aliphatic carbocycles. The predicted octanol–water partition coefficient (Wildman–Crippen LogP) is 0.906. The fourth-order valence-electron chi connectivity index (χ4n) is 3.38. The van der Waals surface area contributed by atoms with E-state index < -0.39 is 0 Å². The van der Waals surface area contributed by atoms with Crippen molar-refractivity contribution in [2.45, 2.75) is 32.6 Å². The van der Waals surface area contributed by atoms with E-state index in [4.69, 9.17) is 4.42 Å². The molecule has 0 bridgehead atoms. The maximum atomic E-state index is 12.5. The SMILES string of the molecule is Cn1cc(C(=O)NCc2cc(=O)n3c(n2)CN(Cc2ccoc2)CCC3)cn1. The zero-order valence-electron chi connectivity index (χ0n) is 15.7. The van der Waals surface area contributed by atoms with E-state index in [0.29, 0.717) is 24.3 Å². The lowest BCUT2D eigenvalue weighted by Gasteiger charge is -2.18. The van der Waals surface area contributed by atoms with Gasteiger partial charge in [-0.15, -0.1) is 0 Å². The Morgan fingerprint density at radius 3 is 3.00 bits per heavy atom. The summed E-state index contributed by atoms with van der Waals surface area (Å²) in [6.45, 7) is 3.03. The van der Waals surface area contributed by atoms with Crippen LogP contribution in [0.5, 0.6) is 0 Å². The molecule has 3 aromatic rings. The van der Waals surface area contributed by atoms with Crippen LogP contribution in [0.25, 0.3) is 0 Å². The molecule has 1 N–H and O–H groups in total. The van der Waals surface area contributed by atoms with Gasteiger partial charge in [-0.2, -0.15) is 5.10 Å². The molecule has 9 nitrogen and oxygen atoms in total. The van der Waals surface area contributed by atoms with Crippen molar-refractivity contribution >= 4 is 5.91 Å². The minimum atomic E-state index is -0.244. The summed E-state index contributed by atoms with van der Waals surface area (Å²) in [5.74, 6) is 0.477. The molecule has 4 heterocycles. The number of rotatable bonds is 5. The van der Waals surface area contributed by atoms with E-state index in [1.807, 2.05) is 6.07 Å². The molecule has 1 amide bonds. The molecule has 0 fully saturated rings. The summed E-state index contributed by atoms with van der Waals surface area (Å²) in [5, 5.41) is 6.79. The van der Waals surface area contributed by atoms with E-state index in [1.165, 1.54) is 12.3 Å². The number of aryl methyl sites for hydroxylation is 1. The molecular weight excluding hydrogens is 360 g/mol. The number of carbonyl (C=O) groups excluding carboxylic acids is 1. The number of fused-ring (bicyclic) bond motifs is 1. The monoisotopic (exact) mass is 382 g/mol. The normalized spacial score (nSPS) is 14.5. The van der Waals surface area contributed by atoms with Crippen LogP contribution < -0.4 is 10.9 Å². The lowest BCUT2D eigenvalue weighted by Crippen LogP contribution is -2.29. The number of nitrogens with zero attached hydrogens (tertiary/aromatic N) is 5. The number of furan rings is 1. The summed E-state index contributed by atoms with van der Waals surface area (Å²) >= 11 is 0. The third-order valence-electron chi connectivity index (χ3n) is 4.74. The lowest BCUT2D eigenvalue weighted by molar-refractivity contribution is 0.0950. The van der Waals surface area contributed by atoms with Crippen LogP contribution in [0, 0.1) is 0 Å². The summed E-state index contributed by atoms with van der Waals surface area (Å²) in [4.78, 5) is 31.6. The second kappa shape index (κ2) is 7.81. The van der Waals surface area contributed by atoms with Crippen molar-refractivity contribution < 1.29 is 9.21 Å². The molecule has 146 valence electrons. The first-order chi connectivity index (χ1) is 13.6. The summed E-state index contributed by atoms with van der Waals surface area (Å²) in [6.07, 6.45) is 7.41. The number of aromatic nitrogens is 4. The van der Waals surface area contributed by atoms with E-state index in [9.17, 15) is 9.59 Å². The number of nitrogens with one attached hydrogen (secondary N) is 1. The van der Waals surface area contributed by atoms with Gasteiger partial charge in [-0.25, -0.2) is 4.98 Å². The molecule has 0 spiro atoms. The Kier molecular flexibility index (Phi) is 5.07. The fraction of sp³-hybridized carbons (Fsp3) is 0.368. The van der Waals surface area contributed by atoms with Gasteiger partial charge in [-0.3, -0.25) is 23.7 Å². The van der Waals surface area contributed by atoms with Crippen molar-refractivity contribution in [1.82, 2.24) is 29.5 Å². The van der Waals surface area contributed by atoms with Crippen LogP contribution in [0.3, 0.4) is 0 Å². The van der Waals surface area contributed by atoms with Crippen molar-refractivity contribution in [1.29, 1.82) is 0 Å². The summed E-state index contributed by atoms with van der Waals surface area (Å²) in [6, 6.07) is 3.44. The van der Waals surface area contributed by atoms with Crippen LogP contribution in [-0.2, 0) is 33.2 Å². The number of hydrogen-bond donors (Lipinski definition) is 1. The molecule has 0 radical (unpaired) electrons. The zero-order valence-corrected chi connectivity index (χ0v) is 15.7. The quantitative estimate of drug-likeness (QED) is 0.704. The molecule has 0 unspecified atom stereocenters. The largest absolute Gasteiger partial charge is 0.472 e. The van der Waals surface area contributed by atoms with Crippen LogP contribution in [0.2, 0.25) is 0 Å². The van der Waals surface area contributed by atoms with Crippen molar-refractivity contribution in [2.24, 2.45) is 7.05 Å². The molecule has 0 saturated heterocycles. The molecule has 9 heteroatoms. The van der Waals surface area contributed by atoms with Gasteiger partial charge in [0.15, 0.2) is 0 Å². The van der Waals surface area contributed by atoms with Gasteiger partial charge in [0.25, 0.3) is 11.5 Å². The summed E-state index contributed by atoms with van der Waals surface area (Å²) < 4.78 is 8.43. The summed E-state index contributed by atoms with van der Waals surface area (Å²) in [5.41, 5.74) is 2.04. The minimum absolute atomic E-state index is 0.0826. The van der Waals surface area contributed by atoms with Crippen LogP contribution >= 0.6 is 0 Å². The highest BCUT2D eigenvalue weighted by Crippen LogP contribution is 2.13. The van der Waals surface area contributed by atoms with Gasteiger partial charge in [0.05, 0.1) is 43.1 Å². The highest BCUT2D eigenvalue weighted by molar-refractivity contribution is 5.93. The Morgan fingerprint density at radius 1 is 1.36 bits per heavy atom. The highest BCUT2D eigenvalue weighted by Gasteiger charge is 2.18. The molecule has 0 aromatic carbocycles. The number of amides is 1. The maximum absolute atomic E-state index is 12.5. The average Bonchev–Trinajstić information content (AvgIpc) is 3.28. The first kappa shape index (κ1) is 18.2. The first-order valence-corrected chi connectivity index (χ1v) is 9.18. The standard InChI is InChI=1S/C19H22N6O3/c1-23-11-15(8-21-23)19(27)20-9-16-7-18(26)25-5-2-4-24(12-17(25)22-16)10-14-3-6-28-13-14/h3,6-8,11,13H,2,4-5,9-10,12H2,1H3,(H,20,27). The van der Waals surface area contributed by atoms with Crippen molar-refractivity contribution in [3.8, 4) is 0 Å². The van der Waals surface area contributed by atoms with E-state index in [2.05, 4.69) is 20.3 Å². The zero-order chi connectivity index (χ0) is 19.5. The van der Waals surface area contributed by atoms with Crippen molar-refractivity contribution in [3.05, 3.63) is 70.1 Å². The van der Waals surface area contributed by atoms with Crippen LogP contribution in [0.4, 0.5) is 0 Å². The highest BCUT2D eigenvalue weighted by atomic mass is 16.3. The smallest absolute Gasteiger partial charge is 0.254 e. The van der Waals surface area contributed by atoms with E-state index in [-0.39, 0.29) is 18.0 Å². The minimum Gasteiger partial charge on any atom is -0.472 e. The van der Waals surface area contributed by atoms with Gasteiger partial charge >= 0.3 is 0 Å². The topological polar surface area (TPSA) is 98.2 Å². The fourth-order valence-corrected chi connectivity index (χ4v) is 3.38. The van der Waals surface area contributed by atoms with Crippen molar-refractivity contribution in [3.63, 3.8) is 0 Å². The Bertz CT molecular complexity index is 1020. The van der Waals surface area contributed by atoms with Crippen LogP contribution in [0.1, 0.15) is 33.9 Å². The van der Waals surface area contributed by atoms with E-state index in [0.717, 1.165) is 30.9 Å². The molecule has 1 aliphatic rings. The second-order valence-corrected chi connectivity index (χ2v) is 6.93. The van der Waals surface area contributed by atoms with E-state index in [1.54, 1.807) is 35.0 Å². The average molecular weight is 382 g/mol. The Labute approximate surface area is 161 Å². The van der Waals surface area contributed by atoms with Gasteiger partial charge in [0, 0.05) is 44.5 Å². The Balaban J connectivity index is 1.48. The Hall–Kier alpha value is -3.20. The van der Waals surface area contributed by atoms with Gasteiger partial charge in [0.2, 0.25) is 0 Å². The molecule has 3 aromatic heterocycles. The van der Waals surface area contributed by atoms with E-state index >= 15 is 0 Å². The Morgan fingerprint density at radius 2 is 2.25 bits per heavy atom. The maximum Gasteiger partial charge on any atom is 0.254 e. The molecule has 28 heavy (non-hydrogen) atoms. The third-order valence-corrected chi connectivity index (χ3v) is 4.74. The second-order valence-electron chi connectivity index (χ2n) is 6.93. The van der Waals surface area contributed by atoms with Crippen molar-refractivity contribution in [2.75, 3.05) is 6.54 Å².